The van der Waals surface area contributed by atoms with E-state index in [0.29, 0.717) is 17.4 Å². The van der Waals surface area contributed by atoms with Gasteiger partial charge in [-0.3, -0.25) is 4.79 Å². The summed E-state index contributed by atoms with van der Waals surface area (Å²) in [6, 6.07) is 7.54. The van der Waals surface area contributed by atoms with Crippen molar-refractivity contribution in [1.29, 1.82) is 0 Å². The second kappa shape index (κ2) is 7.72. The second-order valence-electron chi connectivity index (χ2n) is 4.17. The van der Waals surface area contributed by atoms with Crippen LogP contribution in [0.25, 0.3) is 11.3 Å². The summed E-state index contributed by atoms with van der Waals surface area (Å²) in [5.74, 6) is 0.548. The highest BCUT2D eigenvalue weighted by Gasteiger charge is 2.11. The van der Waals surface area contributed by atoms with Gasteiger partial charge in [0.1, 0.15) is 5.75 Å². The zero-order chi connectivity index (χ0) is 15.1. The molecule has 0 spiro atoms. The summed E-state index contributed by atoms with van der Waals surface area (Å²) in [5.41, 5.74) is 6.94. The minimum absolute atomic E-state index is 0.137. The van der Waals surface area contributed by atoms with E-state index in [2.05, 4.69) is 10.3 Å². The van der Waals surface area contributed by atoms with Crippen molar-refractivity contribution in [2.24, 2.45) is 5.73 Å². The smallest absolute Gasteiger partial charge is 0.227 e. The lowest BCUT2D eigenvalue weighted by atomic mass is 10.1. The molecule has 1 aromatic heterocycles. The molecular weight excluding hydrogens is 290 g/mol. The first kappa shape index (κ1) is 15.4. The molecular formula is C14H17N3O3S. The number of carbonyl (C=O) groups is 1. The van der Waals surface area contributed by atoms with Crippen LogP contribution in [0.5, 0.6) is 5.75 Å². The van der Waals surface area contributed by atoms with Crippen molar-refractivity contribution < 1.29 is 14.3 Å². The van der Waals surface area contributed by atoms with Crippen molar-refractivity contribution in [3.63, 3.8) is 0 Å². The summed E-state index contributed by atoms with van der Waals surface area (Å²) in [4.78, 5) is 15.9. The van der Waals surface area contributed by atoms with Crippen LogP contribution in [0.4, 0.5) is 5.13 Å². The molecule has 0 fully saturated rings. The van der Waals surface area contributed by atoms with Crippen LogP contribution in [0.15, 0.2) is 29.6 Å². The lowest BCUT2D eigenvalue weighted by Gasteiger charge is -2.08. The van der Waals surface area contributed by atoms with Crippen LogP contribution < -0.4 is 15.8 Å². The monoisotopic (exact) mass is 307 g/mol. The molecule has 2 aromatic rings. The van der Waals surface area contributed by atoms with E-state index in [9.17, 15) is 4.79 Å². The molecule has 0 radical (unpaired) electrons. The van der Waals surface area contributed by atoms with Gasteiger partial charge in [-0.15, -0.1) is 11.3 Å². The van der Waals surface area contributed by atoms with Gasteiger partial charge >= 0.3 is 0 Å². The molecule has 1 amide bonds. The average molecular weight is 307 g/mol. The number of benzene rings is 1. The minimum Gasteiger partial charge on any atom is -0.467 e. The fourth-order valence-electron chi connectivity index (χ4n) is 1.69. The Bertz CT molecular complexity index is 601. The van der Waals surface area contributed by atoms with E-state index in [1.165, 1.54) is 11.3 Å². The number of nitrogens with zero attached hydrogens (tertiary/aromatic N) is 1. The van der Waals surface area contributed by atoms with Crippen molar-refractivity contribution in [3.8, 4) is 17.0 Å². The highest BCUT2D eigenvalue weighted by atomic mass is 32.1. The van der Waals surface area contributed by atoms with Gasteiger partial charge in [0.05, 0.1) is 5.69 Å². The summed E-state index contributed by atoms with van der Waals surface area (Å²) in [7, 11) is 1.57. The maximum atomic E-state index is 11.5. The molecule has 0 atom stereocenters. The van der Waals surface area contributed by atoms with Crippen LogP contribution >= 0.6 is 11.3 Å². The molecule has 7 heteroatoms. The Morgan fingerprint density at radius 3 is 3.00 bits per heavy atom. The first-order valence-electron chi connectivity index (χ1n) is 6.41. The molecule has 0 saturated heterocycles. The number of hydrogen-bond donors (Lipinski definition) is 2. The van der Waals surface area contributed by atoms with Gasteiger partial charge in [0.15, 0.2) is 11.9 Å². The van der Waals surface area contributed by atoms with Crippen molar-refractivity contribution in [1.82, 2.24) is 4.98 Å². The number of amides is 1. The molecule has 0 bridgehead atoms. The van der Waals surface area contributed by atoms with E-state index in [1.807, 2.05) is 29.6 Å². The normalized spacial score (nSPS) is 10.4. The lowest BCUT2D eigenvalue weighted by molar-refractivity contribution is -0.116. The Labute approximate surface area is 126 Å². The van der Waals surface area contributed by atoms with Gasteiger partial charge in [0.25, 0.3) is 0 Å². The van der Waals surface area contributed by atoms with Crippen LogP contribution in [-0.2, 0) is 9.53 Å². The van der Waals surface area contributed by atoms with Crippen LogP contribution in [0.1, 0.15) is 6.42 Å². The molecule has 6 nitrogen and oxygen atoms in total. The quantitative estimate of drug-likeness (QED) is 0.765. The van der Waals surface area contributed by atoms with Crippen molar-refractivity contribution in [2.75, 3.05) is 25.8 Å². The Kier molecular flexibility index (Phi) is 5.68. The number of anilines is 1. The summed E-state index contributed by atoms with van der Waals surface area (Å²) >= 11 is 1.36. The Morgan fingerprint density at radius 2 is 2.24 bits per heavy atom. The summed E-state index contributed by atoms with van der Waals surface area (Å²) in [6.07, 6.45) is 0.280. The molecule has 0 aliphatic heterocycles. The number of ether oxygens (including phenoxy) is 2. The molecule has 112 valence electrons. The molecule has 2 rings (SSSR count). The number of carbonyl (C=O) groups excluding carboxylic acids is 1. The number of para-hydroxylation sites is 1. The summed E-state index contributed by atoms with van der Waals surface area (Å²) in [6.45, 7) is 0.485. The topological polar surface area (TPSA) is 86.5 Å². The predicted molar refractivity (Wildman–Crippen MR) is 82.4 cm³/mol. The molecule has 0 unspecified atom stereocenters. The molecule has 0 aliphatic carbocycles. The third-order valence-electron chi connectivity index (χ3n) is 2.62. The Hall–Kier alpha value is -1.96. The number of methoxy groups -OCH3 is 1. The third kappa shape index (κ3) is 4.25. The third-order valence-corrected chi connectivity index (χ3v) is 3.37. The highest BCUT2D eigenvalue weighted by Crippen LogP contribution is 2.32. The maximum absolute atomic E-state index is 11.5. The zero-order valence-electron chi connectivity index (χ0n) is 11.7. The fraction of sp³-hybridized carbons (Fsp3) is 0.286. The van der Waals surface area contributed by atoms with Crippen LogP contribution in [0.3, 0.4) is 0 Å². The van der Waals surface area contributed by atoms with Gasteiger partial charge < -0.3 is 20.5 Å². The second-order valence-corrected chi connectivity index (χ2v) is 5.03. The largest absolute Gasteiger partial charge is 0.467 e. The van der Waals surface area contributed by atoms with E-state index in [0.717, 1.165) is 11.3 Å². The highest BCUT2D eigenvalue weighted by molar-refractivity contribution is 7.14. The number of aromatic nitrogens is 1. The Balaban J connectivity index is 2.15. The fourth-order valence-corrected chi connectivity index (χ4v) is 2.42. The molecule has 1 aromatic carbocycles. The molecule has 0 saturated carbocycles. The van der Waals surface area contributed by atoms with Gasteiger partial charge in [-0.05, 0) is 12.1 Å². The lowest BCUT2D eigenvalue weighted by Crippen LogP contribution is -2.15. The van der Waals surface area contributed by atoms with E-state index >= 15 is 0 Å². The SMILES string of the molecule is COCOc1ccccc1-c1csc(NC(=O)CCN)n1. The predicted octanol–water partition coefficient (Wildman–Crippen LogP) is 2.08. The number of hydrogen-bond acceptors (Lipinski definition) is 6. The molecule has 21 heavy (non-hydrogen) atoms. The van der Waals surface area contributed by atoms with Crippen molar-refractivity contribution >= 4 is 22.4 Å². The summed E-state index contributed by atoms with van der Waals surface area (Å²) in [5, 5.41) is 5.13. The van der Waals surface area contributed by atoms with Crippen LogP contribution in [-0.4, -0.2) is 31.3 Å². The molecule has 1 heterocycles. The van der Waals surface area contributed by atoms with E-state index in [-0.39, 0.29) is 19.1 Å². The van der Waals surface area contributed by atoms with Crippen molar-refractivity contribution in [3.05, 3.63) is 29.6 Å². The van der Waals surface area contributed by atoms with Crippen molar-refractivity contribution in [2.45, 2.75) is 6.42 Å². The molecule has 3 N–H and O–H groups in total. The van der Waals surface area contributed by atoms with Gasteiger partial charge in [0.2, 0.25) is 5.91 Å². The average Bonchev–Trinajstić information content (AvgIpc) is 2.94. The number of nitrogens with two attached hydrogens (primary N) is 1. The molecule has 0 aliphatic rings. The minimum atomic E-state index is -0.137. The number of thiazole rings is 1. The Morgan fingerprint density at radius 1 is 1.43 bits per heavy atom. The summed E-state index contributed by atoms with van der Waals surface area (Å²) < 4.78 is 10.4. The van der Waals surface area contributed by atoms with Crippen LogP contribution in [0.2, 0.25) is 0 Å². The number of rotatable bonds is 7. The zero-order valence-corrected chi connectivity index (χ0v) is 12.5. The van der Waals surface area contributed by atoms with E-state index < -0.39 is 0 Å². The number of nitrogens with one attached hydrogen (secondary N) is 1. The maximum Gasteiger partial charge on any atom is 0.227 e. The van der Waals surface area contributed by atoms with Gasteiger partial charge in [-0.1, -0.05) is 12.1 Å². The standard InChI is InChI=1S/C14H17N3O3S/c1-19-9-20-12-5-3-2-4-10(12)11-8-21-14(16-11)17-13(18)6-7-15/h2-5,8H,6-7,9,15H2,1H3,(H,16,17,18). The van der Waals surface area contributed by atoms with Crippen LogP contribution in [0, 0.1) is 0 Å². The van der Waals surface area contributed by atoms with E-state index in [4.69, 9.17) is 15.2 Å². The van der Waals surface area contributed by atoms with Gasteiger partial charge in [-0.2, -0.15) is 0 Å². The first-order valence-corrected chi connectivity index (χ1v) is 7.29. The first-order chi connectivity index (χ1) is 10.2. The van der Waals surface area contributed by atoms with Gasteiger partial charge in [-0.25, -0.2) is 4.98 Å². The van der Waals surface area contributed by atoms with Gasteiger partial charge in [0, 0.05) is 31.0 Å². The van der Waals surface area contributed by atoms with E-state index in [1.54, 1.807) is 7.11 Å².